The first kappa shape index (κ1) is 14.4. The average Bonchev–Trinajstić information content (AvgIpc) is 2.47. The largest absolute Gasteiger partial charge is 0.377 e. The van der Waals surface area contributed by atoms with Crippen LogP contribution in [0.5, 0.6) is 0 Å². The highest BCUT2D eigenvalue weighted by molar-refractivity contribution is 5.69. The fourth-order valence-corrected chi connectivity index (χ4v) is 2.34. The van der Waals surface area contributed by atoms with Crippen molar-refractivity contribution in [3.63, 3.8) is 0 Å². The highest BCUT2D eigenvalue weighted by atomic mass is 15.1. The molecule has 0 bridgehead atoms. The Labute approximate surface area is 122 Å². The zero-order chi connectivity index (χ0) is 14.5. The van der Waals surface area contributed by atoms with E-state index < -0.39 is 0 Å². The lowest BCUT2D eigenvalue weighted by atomic mass is 10.0. The smallest absolute Gasteiger partial charge is 0.0596 e. The fourth-order valence-electron chi connectivity index (χ4n) is 2.34. The second kappa shape index (κ2) is 6.47. The van der Waals surface area contributed by atoms with Crippen LogP contribution in [0.25, 0.3) is 0 Å². The maximum Gasteiger partial charge on any atom is 0.0596 e. The molecule has 0 aliphatic carbocycles. The van der Waals surface area contributed by atoms with Crippen LogP contribution in [0.2, 0.25) is 0 Å². The van der Waals surface area contributed by atoms with Crippen LogP contribution in [0.3, 0.4) is 0 Å². The zero-order valence-corrected chi connectivity index (χ0v) is 12.9. The number of benzene rings is 2. The number of nitrogens with one attached hydrogen (secondary N) is 1. The van der Waals surface area contributed by atoms with Gasteiger partial charge < -0.3 is 10.2 Å². The van der Waals surface area contributed by atoms with Gasteiger partial charge in [-0.2, -0.15) is 0 Å². The van der Waals surface area contributed by atoms with Crippen LogP contribution in [-0.2, 0) is 6.42 Å². The standard InChI is InChI=1S/C18H24N2/c1-5-15-10-12-16(13-11-15)14(2)19-17-8-6-7-9-18(17)20(3)4/h6-14,19H,5H2,1-4H3. The van der Waals surface area contributed by atoms with Gasteiger partial charge in [0.15, 0.2) is 0 Å². The molecule has 0 saturated heterocycles. The van der Waals surface area contributed by atoms with Gasteiger partial charge in [0, 0.05) is 20.1 Å². The summed E-state index contributed by atoms with van der Waals surface area (Å²) in [7, 11) is 4.14. The normalized spacial score (nSPS) is 12.0. The Morgan fingerprint density at radius 3 is 2.25 bits per heavy atom. The summed E-state index contributed by atoms with van der Waals surface area (Å²) in [6.45, 7) is 4.39. The van der Waals surface area contributed by atoms with E-state index in [-0.39, 0.29) is 0 Å². The summed E-state index contributed by atoms with van der Waals surface area (Å²) in [5.74, 6) is 0. The molecule has 1 N–H and O–H groups in total. The molecule has 20 heavy (non-hydrogen) atoms. The summed E-state index contributed by atoms with van der Waals surface area (Å²) >= 11 is 0. The summed E-state index contributed by atoms with van der Waals surface area (Å²) in [6.07, 6.45) is 1.09. The molecular formula is C18H24N2. The van der Waals surface area contributed by atoms with Crippen molar-refractivity contribution in [2.24, 2.45) is 0 Å². The second-order valence-corrected chi connectivity index (χ2v) is 5.37. The first-order valence-electron chi connectivity index (χ1n) is 7.23. The highest BCUT2D eigenvalue weighted by Crippen LogP contribution is 2.27. The Morgan fingerprint density at radius 1 is 1.00 bits per heavy atom. The third-order valence-electron chi connectivity index (χ3n) is 3.65. The summed E-state index contributed by atoms with van der Waals surface area (Å²) in [5, 5.41) is 3.60. The number of anilines is 2. The molecule has 106 valence electrons. The molecule has 0 radical (unpaired) electrons. The van der Waals surface area contributed by atoms with E-state index in [2.05, 4.69) is 86.7 Å². The Kier molecular flexibility index (Phi) is 4.67. The topological polar surface area (TPSA) is 15.3 Å². The van der Waals surface area contributed by atoms with Gasteiger partial charge in [0.05, 0.1) is 11.4 Å². The van der Waals surface area contributed by atoms with Crippen molar-refractivity contribution in [3.05, 3.63) is 59.7 Å². The number of rotatable bonds is 5. The number of nitrogens with zero attached hydrogens (tertiary/aromatic N) is 1. The van der Waals surface area contributed by atoms with Crippen molar-refractivity contribution in [2.75, 3.05) is 24.3 Å². The van der Waals surface area contributed by atoms with Crippen LogP contribution in [0, 0.1) is 0 Å². The first-order chi connectivity index (χ1) is 9.61. The number of para-hydroxylation sites is 2. The van der Waals surface area contributed by atoms with Crippen LogP contribution in [0.15, 0.2) is 48.5 Å². The van der Waals surface area contributed by atoms with Gasteiger partial charge in [-0.25, -0.2) is 0 Å². The minimum Gasteiger partial charge on any atom is -0.377 e. The van der Waals surface area contributed by atoms with Crippen LogP contribution in [0.4, 0.5) is 11.4 Å². The van der Waals surface area contributed by atoms with E-state index in [1.807, 2.05) is 0 Å². The summed E-state index contributed by atoms with van der Waals surface area (Å²) in [5.41, 5.74) is 5.08. The van der Waals surface area contributed by atoms with E-state index in [4.69, 9.17) is 0 Å². The molecule has 2 rings (SSSR count). The summed E-state index contributed by atoms with van der Waals surface area (Å²) in [6, 6.07) is 17.6. The van der Waals surface area contributed by atoms with Crippen molar-refractivity contribution < 1.29 is 0 Å². The van der Waals surface area contributed by atoms with Gasteiger partial charge in [-0.05, 0) is 36.6 Å². The maximum atomic E-state index is 3.60. The minimum absolute atomic E-state index is 0.294. The van der Waals surface area contributed by atoms with E-state index in [0.29, 0.717) is 6.04 Å². The molecule has 0 spiro atoms. The Bertz CT molecular complexity index is 544. The SMILES string of the molecule is CCc1ccc(C(C)Nc2ccccc2N(C)C)cc1. The van der Waals surface area contributed by atoms with Crippen molar-refractivity contribution in [2.45, 2.75) is 26.3 Å². The molecule has 0 saturated carbocycles. The predicted octanol–water partition coefficient (Wildman–Crippen LogP) is 4.49. The number of hydrogen-bond donors (Lipinski definition) is 1. The fraction of sp³-hybridized carbons (Fsp3) is 0.333. The second-order valence-electron chi connectivity index (χ2n) is 5.37. The lowest BCUT2D eigenvalue weighted by Gasteiger charge is -2.22. The molecule has 2 aromatic rings. The lowest BCUT2D eigenvalue weighted by molar-refractivity contribution is 0.881. The van der Waals surface area contributed by atoms with Gasteiger partial charge in [-0.15, -0.1) is 0 Å². The summed E-state index contributed by atoms with van der Waals surface area (Å²) in [4.78, 5) is 2.13. The predicted molar refractivity (Wildman–Crippen MR) is 88.6 cm³/mol. The highest BCUT2D eigenvalue weighted by Gasteiger charge is 2.09. The van der Waals surface area contributed by atoms with E-state index in [1.54, 1.807) is 0 Å². The van der Waals surface area contributed by atoms with Crippen LogP contribution in [-0.4, -0.2) is 14.1 Å². The molecule has 0 aliphatic rings. The number of aryl methyl sites for hydroxylation is 1. The van der Waals surface area contributed by atoms with Gasteiger partial charge in [0.25, 0.3) is 0 Å². The van der Waals surface area contributed by atoms with E-state index in [0.717, 1.165) is 6.42 Å². The van der Waals surface area contributed by atoms with E-state index in [1.165, 1.54) is 22.5 Å². The van der Waals surface area contributed by atoms with E-state index in [9.17, 15) is 0 Å². The Hall–Kier alpha value is -1.96. The van der Waals surface area contributed by atoms with Crippen molar-refractivity contribution >= 4 is 11.4 Å². The van der Waals surface area contributed by atoms with Gasteiger partial charge in [-0.1, -0.05) is 43.3 Å². The van der Waals surface area contributed by atoms with Crippen molar-refractivity contribution in [3.8, 4) is 0 Å². The number of hydrogen-bond acceptors (Lipinski definition) is 2. The van der Waals surface area contributed by atoms with Crippen LogP contribution >= 0.6 is 0 Å². The van der Waals surface area contributed by atoms with Gasteiger partial charge >= 0.3 is 0 Å². The van der Waals surface area contributed by atoms with E-state index >= 15 is 0 Å². The molecular weight excluding hydrogens is 244 g/mol. The van der Waals surface area contributed by atoms with Crippen molar-refractivity contribution in [1.29, 1.82) is 0 Å². The molecule has 0 aliphatic heterocycles. The minimum atomic E-state index is 0.294. The van der Waals surface area contributed by atoms with Gasteiger partial charge in [0.1, 0.15) is 0 Å². The zero-order valence-electron chi connectivity index (χ0n) is 12.9. The average molecular weight is 268 g/mol. The molecule has 2 aromatic carbocycles. The monoisotopic (exact) mass is 268 g/mol. The van der Waals surface area contributed by atoms with Gasteiger partial charge in [-0.3, -0.25) is 0 Å². The van der Waals surface area contributed by atoms with Crippen LogP contribution in [0.1, 0.15) is 31.0 Å². The molecule has 0 heterocycles. The third kappa shape index (κ3) is 3.32. The molecule has 2 nitrogen and oxygen atoms in total. The molecule has 1 unspecified atom stereocenters. The summed E-state index contributed by atoms with van der Waals surface area (Å²) < 4.78 is 0. The lowest BCUT2D eigenvalue weighted by Crippen LogP contribution is -2.14. The Morgan fingerprint density at radius 2 is 1.65 bits per heavy atom. The first-order valence-corrected chi connectivity index (χ1v) is 7.23. The van der Waals surface area contributed by atoms with Crippen LogP contribution < -0.4 is 10.2 Å². The molecule has 2 heteroatoms. The van der Waals surface area contributed by atoms with Crippen molar-refractivity contribution in [1.82, 2.24) is 0 Å². The maximum absolute atomic E-state index is 3.60. The molecule has 1 atom stereocenters. The Balaban J connectivity index is 2.16. The third-order valence-corrected chi connectivity index (χ3v) is 3.65. The van der Waals surface area contributed by atoms with Gasteiger partial charge in [0.2, 0.25) is 0 Å². The molecule has 0 amide bonds. The molecule has 0 fully saturated rings. The molecule has 0 aromatic heterocycles. The quantitative estimate of drug-likeness (QED) is 0.859.